The molecule has 0 saturated heterocycles. The Labute approximate surface area is 322 Å². The van der Waals surface area contributed by atoms with E-state index < -0.39 is 20.0 Å². The van der Waals surface area contributed by atoms with Crippen molar-refractivity contribution in [3.63, 3.8) is 0 Å². The second kappa shape index (κ2) is 35.9. The van der Waals surface area contributed by atoms with Crippen LogP contribution in [-0.4, -0.2) is 73.4 Å². The molecule has 310 valence electrons. The number of hydrogen-bond acceptors (Lipinski definition) is 5. The fraction of sp³-hybridized carbons (Fsp3) is 0.930. The highest BCUT2D eigenvalue weighted by molar-refractivity contribution is 7.47. The number of unbranched alkanes of at least 4 members (excludes halogenated alkanes) is 25. The zero-order valence-electron chi connectivity index (χ0n) is 35.1. The van der Waals surface area contributed by atoms with Crippen molar-refractivity contribution in [3.8, 4) is 0 Å². The van der Waals surface area contributed by atoms with Crippen LogP contribution in [0.15, 0.2) is 12.2 Å². The predicted octanol–water partition coefficient (Wildman–Crippen LogP) is 12.0. The van der Waals surface area contributed by atoms with Gasteiger partial charge in [-0.25, -0.2) is 4.57 Å². The molecule has 0 fully saturated rings. The summed E-state index contributed by atoms with van der Waals surface area (Å²) in [7, 11) is 1.61. The molecule has 0 saturated carbocycles. The molecule has 0 heterocycles. The Bertz CT molecular complexity index is 865. The summed E-state index contributed by atoms with van der Waals surface area (Å²) in [6.45, 7) is 4.87. The maximum absolute atomic E-state index is 12.8. The van der Waals surface area contributed by atoms with E-state index in [1.165, 1.54) is 135 Å². The zero-order valence-corrected chi connectivity index (χ0v) is 36.0. The third kappa shape index (κ3) is 37.6. The van der Waals surface area contributed by atoms with E-state index in [2.05, 4.69) is 31.3 Å². The lowest BCUT2D eigenvalue weighted by Gasteiger charge is -2.26. The quantitative estimate of drug-likeness (QED) is 0.0249. The Morgan fingerprint density at radius 2 is 1.04 bits per heavy atom. The van der Waals surface area contributed by atoms with E-state index in [0.717, 1.165) is 44.9 Å². The Kier molecular flexibility index (Phi) is 35.4. The smallest absolute Gasteiger partial charge is 0.391 e. The van der Waals surface area contributed by atoms with Crippen molar-refractivity contribution in [1.82, 2.24) is 5.32 Å². The van der Waals surface area contributed by atoms with Gasteiger partial charge in [0, 0.05) is 6.42 Å². The van der Waals surface area contributed by atoms with E-state index in [1.807, 2.05) is 21.1 Å². The van der Waals surface area contributed by atoms with E-state index in [9.17, 15) is 19.4 Å². The van der Waals surface area contributed by atoms with Gasteiger partial charge in [0.1, 0.15) is 13.2 Å². The summed E-state index contributed by atoms with van der Waals surface area (Å²) in [6.07, 6.45) is 39.5. The predicted molar refractivity (Wildman–Crippen MR) is 222 cm³/mol. The average molecular weight is 760 g/mol. The molecule has 1 amide bonds. The molecular formula is C43H88N2O6P+. The largest absolute Gasteiger partial charge is 0.472 e. The molecule has 0 aromatic carbocycles. The molecule has 52 heavy (non-hydrogen) atoms. The first-order valence-corrected chi connectivity index (χ1v) is 23.5. The fourth-order valence-electron chi connectivity index (χ4n) is 6.45. The minimum atomic E-state index is -4.31. The van der Waals surface area contributed by atoms with E-state index in [-0.39, 0.29) is 19.1 Å². The topological polar surface area (TPSA) is 105 Å². The standard InChI is InChI=1S/C43H87N2O6P/c1-6-8-10-12-14-16-18-20-21-22-23-25-26-28-30-32-34-36-42(46)41(40-51-52(48,49)50-39-38-45(3,4)5)44-43(47)37-35-33-31-29-27-24-19-17-15-13-11-9-7-2/h26,28,41-42,46H,6-25,27,29-40H2,1-5H3,(H-,44,47,48,49)/p+1/b28-26+/t41-,42+/m0/s1. The third-order valence-corrected chi connectivity index (χ3v) is 11.0. The molecule has 0 aliphatic carbocycles. The fourth-order valence-corrected chi connectivity index (χ4v) is 7.19. The number of likely N-dealkylation sites (N-methyl/N-ethyl adjacent to an activating group) is 1. The van der Waals surface area contributed by atoms with E-state index in [0.29, 0.717) is 23.9 Å². The summed E-state index contributed by atoms with van der Waals surface area (Å²) >= 11 is 0. The lowest BCUT2D eigenvalue weighted by Crippen LogP contribution is -2.46. The number of allylic oxidation sites excluding steroid dienone is 2. The summed E-state index contributed by atoms with van der Waals surface area (Å²) in [5, 5.41) is 13.9. The van der Waals surface area contributed by atoms with Gasteiger partial charge in [0.05, 0.1) is 39.9 Å². The normalized spacial score (nSPS) is 14.5. The molecule has 0 aromatic heterocycles. The Morgan fingerprint density at radius 3 is 1.48 bits per heavy atom. The Hall–Kier alpha value is -0.760. The van der Waals surface area contributed by atoms with E-state index in [1.54, 1.807) is 0 Å². The lowest BCUT2D eigenvalue weighted by molar-refractivity contribution is -0.870. The molecule has 0 aliphatic heterocycles. The van der Waals surface area contributed by atoms with E-state index in [4.69, 9.17) is 9.05 Å². The maximum atomic E-state index is 12.8. The number of aliphatic hydroxyl groups is 1. The van der Waals surface area contributed by atoms with Crippen LogP contribution in [0.1, 0.15) is 206 Å². The second-order valence-corrected chi connectivity index (χ2v) is 17.9. The monoisotopic (exact) mass is 760 g/mol. The first-order chi connectivity index (χ1) is 25.0. The van der Waals surface area contributed by atoms with Gasteiger partial charge < -0.3 is 19.8 Å². The molecule has 8 nitrogen and oxygen atoms in total. The number of rotatable bonds is 40. The highest BCUT2D eigenvalue weighted by Gasteiger charge is 2.28. The van der Waals surface area contributed by atoms with Gasteiger partial charge in [-0.15, -0.1) is 0 Å². The zero-order chi connectivity index (χ0) is 38.6. The van der Waals surface area contributed by atoms with Crippen LogP contribution >= 0.6 is 7.82 Å². The van der Waals surface area contributed by atoms with Crippen LogP contribution in [0.2, 0.25) is 0 Å². The van der Waals surface area contributed by atoms with Crippen molar-refractivity contribution in [2.45, 2.75) is 219 Å². The van der Waals surface area contributed by atoms with Gasteiger partial charge in [-0.2, -0.15) is 0 Å². The van der Waals surface area contributed by atoms with Gasteiger partial charge in [0.2, 0.25) is 5.91 Å². The van der Waals surface area contributed by atoms with Crippen LogP contribution in [0.4, 0.5) is 0 Å². The molecule has 3 atom stereocenters. The molecule has 3 N–H and O–H groups in total. The minimum Gasteiger partial charge on any atom is -0.391 e. The van der Waals surface area contributed by atoms with Crippen LogP contribution in [0.5, 0.6) is 0 Å². The molecule has 0 radical (unpaired) electrons. The Morgan fingerprint density at radius 1 is 0.635 bits per heavy atom. The van der Waals surface area contributed by atoms with Crippen LogP contribution in [0.25, 0.3) is 0 Å². The summed E-state index contributed by atoms with van der Waals surface area (Å²) in [5.41, 5.74) is 0. The number of phosphoric ester groups is 1. The van der Waals surface area contributed by atoms with Crippen molar-refractivity contribution in [2.75, 3.05) is 40.9 Å². The van der Waals surface area contributed by atoms with Gasteiger partial charge in [-0.05, 0) is 38.5 Å². The highest BCUT2D eigenvalue weighted by atomic mass is 31.2. The van der Waals surface area contributed by atoms with Crippen LogP contribution in [0, 0.1) is 0 Å². The van der Waals surface area contributed by atoms with Crippen LogP contribution < -0.4 is 5.32 Å². The van der Waals surface area contributed by atoms with E-state index >= 15 is 0 Å². The number of amides is 1. The van der Waals surface area contributed by atoms with Crippen molar-refractivity contribution in [2.24, 2.45) is 0 Å². The van der Waals surface area contributed by atoms with Gasteiger partial charge in [-0.1, -0.05) is 174 Å². The Balaban J connectivity index is 4.40. The minimum absolute atomic E-state index is 0.0721. The molecule has 0 aromatic rings. The van der Waals surface area contributed by atoms with Crippen molar-refractivity contribution in [1.29, 1.82) is 0 Å². The van der Waals surface area contributed by atoms with Gasteiger partial charge in [-0.3, -0.25) is 13.8 Å². The number of nitrogens with one attached hydrogen (secondary N) is 1. The summed E-state index contributed by atoms with van der Waals surface area (Å²) < 4.78 is 23.6. The molecule has 0 bridgehead atoms. The number of carbonyl (C=O) groups excluding carboxylic acids is 1. The number of nitrogens with zero attached hydrogens (tertiary/aromatic N) is 1. The highest BCUT2D eigenvalue weighted by Crippen LogP contribution is 2.43. The molecule has 1 unspecified atom stereocenters. The third-order valence-electron chi connectivity index (χ3n) is 10.0. The van der Waals surface area contributed by atoms with Crippen molar-refractivity contribution >= 4 is 13.7 Å². The number of carbonyl (C=O) groups is 1. The van der Waals surface area contributed by atoms with Gasteiger partial charge in [0.15, 0.2) is 0 Å². The van der Waals surface area contributed by atoms with Gasteiger partial charge >= 0.3 is 7.82 Å². The van der Waals surface area contributed by atoms with Crippen LogP contribution in [-0.2, 0) is 18.4 Å². The second-order valence-electron chi connectivity index (χ2n) is 16.4. The SMILES string of the molecule is CCCCCCCCCCCCC/C=C/CCCC[C@@H](O)[C@H](COP(=O)(O)OCC[N+](C)(C)C)NC(=O)CCCCCCCCCCCCCCC. The first kappa shape index (κ1) is 51.2. The maximum Gasteiger partial charge on any atom is 0.472 e. The first-order valence-electron chi connectivity index (χ1n) is 22.1. The van der Waals surface area contributed by atoms with Crippen molar-refractivity contribution in [3.05, 3.63) is 12.2 Å². The number of hydrogen-bond donors (Lipinski definition) is 3. The van der Waals surface area contributed by atoms with Crippen molar-refractivity contribution < 1.29 is 32.9 Å². The molecular weight excluding hydrogens is 671 g/mol. The molecule has 9 heteroatoms. The van der Waals surface area contributed by atoms with Gasteiger partial charge in [0.25, 0.3) is 0 Å². The summed E-state index contributed by atoms with van der Waals surface area (Å²) in [4.78, 5) is 23.1. The summed E-state index contributed by atoms with van der Waals surface area (Å²) in [6, 6.07) is -0.770. The number of quaternary nitrogens is 1. The van der Waals surface area contributed by atoms with Crippen LogP contribution in [0.3, 0.4) is 0 Å². The molecule has 0 aliphatic rings. The molecule has 0 spiro atoms. The average Bonchev–Trinajstić information content (AvgIpc) is 3.09. The number of phosphoric acid groups is 1. The lowest BCUT2D eigenvalue weighted by atomic mass is 10.0. The molecule has 0 rings (SSSR count). The number of aliphatic hydroxyl groups excluding tert-OH is 1. The summed E-state index contributed by atoms with van der Waals surface area (Å²) in [5.74, 6) is -0.153.